The summed E-state index contributed by atoms with van der Waals surface area (Å²) in [6, 6.07) is 11.8. The van der Waals surface area contributed by atoms with E-state index in [-0.39, 0.29) is 22.8 Å². The van der Waals surface area contributed by atoms with Crippen LogP contribution in [0.3, 0.4) is 0 Å². The quantitative estimate of drug-likeness (QED) is 0.393. The first-order valence-electron chi connectivity index (χ1n) is 13.8. The molecule has 2 saturated heterocycles. The molecule has 2 fully saturated rings. The van der Waals surface area contributed by atoms with Crippen LogP contribution >= 0.6 is 0 Å². The smallest absolute Gasteiger partial charge is 0.260 e. The molecule has 0 aliphatic carbocycles. The molecule has 39 heavy (non-hydrogen) atoms. The van der Waals surface area contributed by atoms with Crippen LogP contribution in [-0.2, 0) is 18.9 Å². The van der Waals surface area contributed by atoms with E-state index in [1.165, 1.54) is 12.8 Å². The van der Waals surface area contributed by atoms with Crippen LogP contribution in [0.4, 0.5) is 5.82 Å². The number of fused-ring (bicyclic) bond motifs is 5. The van der Waals surface area contributed by atoms with E-state index in [0.29, 0.717) is 43.8 Å². The lowest BCUT2D eigenvalue weighted by atomic mass is 10.1. The largest absolute Gasteiger partial charge is 0.350 e. The van der Waals surface area contributed by atoms with Crippen molar-refractivity contribution in [2.45, 2.75) is 19.8 Å². The molecule has 0 saturated carbocycles. The van der Waals surface area contributed by atoms with Gasteiger partial charge in [0.25, 0.3) is 5.91 Å². The number of piperazine rings is 1. The number of amides is 2. The molecule has 5 heterocycles. The summed E-state index contributed by atoms with van der Waals surface area (Å²) in [4.78, 5) is 45.9. The van der Waals surface area contributed by atoms with Crippen molar-refractivity contribution in [1.29, 1.82) is 0 Å². The maximum atomic E-state index is 14.0. The molecule has 4 aromatic rings. The van der Waals surface area contributed by atoms with Crippen molar-refractivity contribution in [2.24, 2.45) is 14.1 Å². The summed E-state index contributed by atoms with van der Waals surface area (Å²) in [5.41, 5.74) is 3.10. The van der Waals surface area contributed by atoms with Crippen LogP contribution in [0.25, 0.3) is 27.7 Å². The van der Waals surface area contributed by atoms with E-state index in [2.05, 4.69) is 24.1 Å². The molecule has 2 aliphatic heterocycles. The Kier molecular flexibility index (Phi) is 6.50. The van der Waals surface area contributed by atoms with Gasteiger partial charge in [0.2, 0.25) is 22.8 Å². The van der Waals surface area contributed by atoms with Gasteiger partial charge in [0, 0.05) is 33.1 Å². The second kappa shape index (κ2) is 10.00. The Morgan fingerprint density at radius 1 is 0.949 bits per heavy atom. The molecule has 0 unspecified atom stereocenters. The molecule has 0 radical (unpaired) electrons. The zero-order valence-electron chi connectivity index (χ0n) is 22.9. The van der Waals surface area contributed by atoms with Crippen LogP contribution in [0.1, 0.15) is 30.1 Å². The number of imidazole rings is 1. The molecule has 10 heteroatoms. The number of pyridine rings is 2. The fourth-order valence-corrected chi connectivity index (χ4v) is 6.32. The van der Waals surface area contributed by atoms with Gasteiger partial charge in [0.1, 0.15) is 11.1 Å². The zero-order valence-corrected chi connectivity index (χ0v) is 22.9. The highest BCUT2D eigenvalue weighted by molar-refractivity contribution is 6.05. The number of benzene rings is 1. The molecule has 3 aromatic heterocycles. The lowest BCUT2D eigenvalue weighted by molar-refractivity contribution is -0.634. The summed E-state index contributed by atoms with van der Waals surface area (Å²) in [7, 11) is 3.88. The molecule has 1 aromatic carbocycles. The molecule has 10 nitrogen and oxygen atoms in total. The monoisotopic (exact) mass is 530 g/mol. The average Bonchev–Trinajstić information content (AvgIpc) is 3.56. The molecule has 2 amide bonds. The van der Waals surface area contributed by atoms with Crippen molar-refractivity contribution < 1.29 is 14.2 Å². The van der Waals surface area contributed by atoms with Gasteiger partial charge in [-0.3, -0.25) is 19.3 Å². The fourth-order valence-electron chi connectivity index (χ4n) is 6.32. The van der Waals surface area contributed by atoms with Gasteiger partial charge in [-0.1, -0.05) is 12.1 Å². The van der Waals surface area contributed by atoms with E-state index in [1.807, 2.05) is 60.0 Å². The molecule has 2 aliphatic rings. The van der Waals surface area contributed by atoms with Crippen LogP contribution in [0.2, 0.25) is 0 Å². The third-order valence-electron chi connectivity index (χ3n) is 8.41. The lowest BCUT2D eigenvalue weighted by Crippen LogP contribution is -2.52. The number of aromatic nitrogens is 3. The van der Waals surface area contributed by atoms with Crippen molar-refractivity contribution in [1.82, 2.24) is 24.1 Å². The van der Waals surface area contributed by atoms with Crippen molar-refractivity contribution in [3.05, 3.63) is 52.2 Å². The van der Waals surface area contributed by atoms with Crippen molar-refractivity contribution in [3.63, 3.8) is 0 Å². The van der Waals surface area contributed by atoms with E-state index < -0.39 is 0 Å². The molecular weight excluding hydrogens is 494 g/mol. The minimum atomic E-state index is -0.336. The highest BCUT2D eigenvalue weighted by Crippen LogP contribution is 2.26. The second-order valence-electron chi connectivity index (χ2n) is 10.7. The van der Waals surface area contributed by atoms with E-state index in [0.717, 1.165) is 42.1 Å². The fraction of sp³-hybridized carbons (Fsp3) is 0.448. The van der Waals surface area contributed by atoms with Gasteiger partial charge in [-0.05, 0) is 44.1 Å². The SMILES string of the molecule is CC(=O)N1CCN(c2ccc3c(=O)c(C(=O)NCCN4CCCC4)c4n(C)c5ccccc5n4c3[n+]2C)CC1. The van der Waals surface area contributed by atoms with Crippen LogP contribution in [0.15, 0.2) is 41.2 Å². The predicted octanol–water partition coefficient (Wildman–Crippen LogP) is 1.26. The second-order valence-corrected chi connectivity index (χ2v) is 10.7. The number of likely N-dealkylation sites (tertiary alicyclic amines) is 1. The van der Waals surface area contributed by atoms with Gasteiger partial charge >= 0.3 is 0 Å². The average molecular weight is 531 g/mol. The number of nitrogens with one attached hydrogen (secondary N) is 1. The number of carbonyl (C=O) groups is 2. The number of nitrogens with zero attached hydrogens (tertiary/aromatic N) is 6. The van der Waals surface area contributed by atoms with Gasteiger partial charge in [-0.15, -0.1) is 0 Å². The third-order valence-corrected chi connectivity index (χ3v) is 8.41. The minimum absolute atomic E-state index is 0.0905. The normalized spacial score (nSPS) is 16.6. The molecule has 0 bridgehead atoms. The molecule has 204 valence electrons. The number of rotatable bonds is 5. The molecular formula is C29H36N7O3+. The third kappa shape index (κ3) is 4.23. The molecule has 1 N–H and O–H groups in total. The number of para-hydroxylation sites is 2. The number of aryl methyl sites for hydroxylation is 2. The van der Waals surface area contributed by atoms with Gasteiger partial charge < -0.3 is 19.7 Å². The van der Waals surface area contributed by atoms with Gasteiger partial charge in [-0.2, -0.15) is 0 Å². The van der Waals surface area contributed by atoms with Gasteiger partial charge in [0.15, 0.2) is 5.65 Å². The Bertz CT molecular complexity index is 1660. The first-order valence-corrected chi connectivity index (χ1v) is 13.8. The topological polar surface area (TPSA) is 86.2 Å². The van der Waals surface area contributed by atoms with Crippen LogP contribution in [0.5, 0.6) is 0 Å². The number of anilines is 1. The molecule has 6 rings (SSSR count). The van der Waals surface area contributed by atoms with E-state index in [1.54, 1.807) is 6.92 Å². The first-order chi connectivity index (χ1) is 18.9. The summed E-state index contributed by atoms with van der Waals surface area (Å²) in [5.74, 6) is 0.721. The van der Waals surface area contributed by atoms with Crippen LogP contribution in [0, 0.1) is 0 Å². The minimum Gasteiger partial charge on any atom is -0.350 e. The highest BCUT2D eigenvalue weighted by Gasteiger charge is 2.30. The summed E-state index contributed by atoms with van der Waals surface area (Å²) >= 11 is 0. The van der Waals surface area contributed by atoms with Crippen LogP contribution in [-0.4, -0.2) is 82.9 Å². The lowest BCUT2D eigenvalue weighted by Gasteiger charge is -2.32. The molecule has 0 atom stereocenters. The van der Waals surface area contributed by atoms with Crippen molar-refractivity contribution in [2.75, 3.05) is 57.3 Å². The maximum Gasteiger partial charge on any atom is 0.260 e. The maximum absolute atomic E-state index is 14.0. The standard InChI is InChI=1S/C29H35N7O3/c1-20(37)34-16-18-35(19-17-34)24-11-10-21-26(38)25(27(39)30-12-15-33-13-6-7-14-33)29-31(2)22-8-4-5-9-23(22)36(29)28(21)32(24)3/h4-5,8-11H,6-7,12-19H2,1-3H3/p+1. The van der Waals surface area contributed by atoms with E-state index >= 15 is 0 Å². The number of hydrogen-bond donors (Lipinski definition) is 1. The van der Waals surface area contributed by atoms with E-state index in [9.17, 15) is 14.4 Å². The number of hydrogen-bond acceptors (Lipinski definition) is 5. The summed E-state index contributed by atoms with van der Waals surface area (Å²) in [6.07, 6.45) is 2.39. The van der Waals surface area contributed by atoms with Crippen molar-refractivity contribution in [3.8, 4) is 0 Å². The van der Waals surface area contributed by atoms with Gasteiger partial charge in [0.05, 0.1) is 44.1 Å². The number of carbonyl (C=O) groups excluding carboxylic acids is 2. The Labute approximate surface area is 227 Å². The Morgan fingerprint density at radius 3 is 2.33 bits per heavy atom. The Hall–Kier alpha value is -3.92. The Balaban J connectivity index is 1.49. The van der Waals surface area contributed by atoms with Crippen molar-refractivity contribution >= 4 is 45.3 Å². The first kappa shape index (κ1) is 25.4. The zero-order chi connectivity index (χ0) is 27.3. The highest BCUT2D eigenvalue weighted by atomic mass is 16.2. The Morgan fingerprint density at radius 2 is 1.64 bits per heavy atom. The molecule has 0 spiro atoms. The summed E-state index contributed by atoms with van der Waals surface area (Å²) < 4.78 is 6.05. The summed E-state index contributed by atoms with van der Waals surface area (Å²) in [5, 5.41) is 3.53. The summed E-state index contributed by atoms with van der Waals surface area (Å²) in [6.45, 7) is 7.76. The predicted molar refractivity (Wildman–Crippen MR) is 151 cm³/mol. The van der Waals surface area contributed by atoms with Gasteiger partial charge in [-0.25, -0.2) is 8.97 Å². The van der Waals surface area contributed by atoms with Crippen LogP contribution < -0.4 is 20.2 Å². The van der Waals surface area contributed by atoms with E-state index in [4.69, 9.17) is 0 Å².